The number of carbonyl (C=O) groups is 2. The largest absolute Gasteiger partial charge is 0.490 e. The fourth-order valence-corrected chi connectivity index (χ4v) is 2.37. The molecule has 0 aromatic carbocycles. The summed E-state index contributed by atoms with van der Waals surface area (Å²) in [6, 6.07) is 1.85. The molecule has 2 aromatic heterocycles. The summed E-state index contributed by atoms with van der Waals surface area (Å²) in [6.45, 7) is 1.24. The van der Waals surface area contributed by atoms with Gasteiger partial charge in [-0.3, -0.25) is 9.63 Å². The van der Waals surface area contributed by atoms with Crippen LogP contribution in [0.15, 0.2) is 24.7 Å². The minimum atomic E-state index is -5.08. The van der Waals surface area contributed by atoms with Crippen LogP contribution in [-0.4, -0.2) is 70.0 Å². The lowest BCUT2D eigenvalue weighted by molar-refractivity contribution is -0.192. The second-order valence-electron chi connectivity index (χ2n) is 6.29. The Kier molecular flexibility index (Phi) is 6.80. The van der Waals surface area contributed by atoms with Crippen LogP contribution in [0.1, 0.15) is 16.9 Å². The Morgan fingerprint density at radius 2 is 1.79 bits per heavy atom. The smallest absolute Gasteiger partial charge is 0.475 e. The number of carboxylic acids is 1. The molecule has 158 valence electrons. The molecular formula is C17H20F3N5O4. The van der Waals surface area contributed by atoms with E-state index in [4.69, 9.17) is 14.7 Å². The van der Waals surface area contributed by atoms with E-state index in [0.717, 1.165) is 17.5 Å². The summed E-state index contributed by atoms with van der Waals surface area (Å²) in [7, 11) is 5.64. The third kappa shape index (κ3) is 5.67. The van der Waals surface area contributed by atoms with E-state index in [0.29, 0.717) is 24.8 Å². The van der Waals surface area contributed by atoms with Crippen molar-refractivity contribution in [1.82, 2.24) is 19.6 Å². The fraction of sp³-hybridized carbons (Fsp3) is 0.412. The third-order valence-corrected chi connectivity index (χ3v) is 3.82. The Morgan fingerprint density at radius 1 is 1.21 bits per heavy atom. The van der Waals surface area contributed by atoms with E-state index in [1.165, 1.54) is 5.06 Å². The average molecular weight is 415 g/mol. The van der Waals surface area contributed by atoms with Gasteiger partial charge in [-0.15, -0.1) is 0 Å². The Labute approximate surface area is 164 Å². The molecule has 2 aromatic rings. The lowest BCUT2D eigenvalue weighted by Gasteiger charge is -2.13. The number of hydrogen-bond donors (Lipinski definition) is 1. The summed E-state index contributed by atoms with van der Waals surface area (Å²) in [4.78, 5) is 37.1. The van der Waals surface area contributed by atoms with Crippen molar-refractivity contribution >= 4 is 17.8 Å². The minimum Gasteiger partial charge on any atom is -0.475 e. The Balaban J connectivity index is 0.000000370. The van der Waals surface area contributed by atoms with Gasteiger partial charge in [-0.25, -0.2) is 19.8 Å². The van der Waals surface area contributed by atoms with Crippen LogP contribution in [0, 0.1) is 0 Å². The predicted octanol–water partition coefficient (Wildman–Crippen LogP) is 1.96. The van der Waals surface area contributed by atoms with Crippen LogP contribution in [0.2, 0.25) is 0 Å². The molecule has 1 amide bonds. The number of alkyl halides is 3. The van der Waals surface area contributed by atoms with Gasteiger partial charge in [-0.1, -0.05) is 0 Å². The van der Waals surface area contributed by atoms with Gasteiger partial charge in [0, 0.05) is 50.9 Å². The zero-order valence-corrected chi connectivity index (χ0v) is 16.0. The Hall–Kier alpha value is -3.15. The molecule has 0 spiro atoms. The van der Waals surface area contributed by atoms with Gasteiger partial charge in [-0.2, -0.15) is 13.2 Å². The average Bonchev–Trinajstić information content (AvgIpc) is 3.31. The summed E-state index contributed by atoms with van der Waals surface area (Å²) in [5.41, 5.74) is 2.38. The van der Waals surface area contributed by atoms with Crippen LogP contribution < -0.4 is 4.90 Å². The molecule has 1 aliphatic heterocycles. The maximum Gasteiger partial charge on any atom is 0.490 e. The monoisotopic (exact) mass is 415 g/mol. The van der Waals surface area contributed by atoms with Crippen LogP contribution >= 0.6 is 0 Å². The number of amides is 1. The van der Waals surface area contributed by atoms with E-state index in [9.17, 15) is 18.0 Å². The number of hydroxylamine groups is 2. The van der Waals surface area contributed by atoms with Gasteiger partial charge in [0.25, 0.3) is 5.91 Å². The number of aromatic nitrogens is 3. The molecule has 1 saturated heterocycles. The minimum absolute atomic E-state index is 0.114. The van der Waals surface area contributed by atoms with Crippen molar-refractivity contribution < 1.29 is 32.7 Å². The van der Waals surface area contributed by atoms with Crippen LogP contribution in [0.25, 0.3) is 11.1 Å². The molecule has 29 heavy (non-hydrogen) atoms. The first-order valence-electron chi connectivity index (χ1n) is 8.41. The second kappa shape index (κ2) is 8.90. The molecule has 9 nitrogen and oxygen atoms in total. The van der Waals surface area contributed by atoms with E-state index in [1.807, 2.05) is 38.3 Å². The van der Waals surface area contributed by atoms with E-state index in [2.05, 4.69) is 9.97 Å². The highest BCUT2D eigenvalue weighted by Gasteiger charge is 2.38. The van der Waals surface area contributed by atoms with Crippen molar-refractivity contribution in [1.29, 1.82) is 0 Å². The molecule has 1 fully saturated rings. The number of hydrogen-bond acceptors (Lipinski definition) is 6. The molecule has 0 radical (unpaired) electrons. The Morgan fingerprint density at radius 3 is 2.24 bits per heavy atom. The molecule has 12 heteroatoms. The molecule has 0 saturated carbocycles. The first-order valence-corrected chi connectivity index (χ1v) is 8.41. The van der Waals surface area contributed by atoms with Crippen molar-refractivity contribution in [2.75, 3.05) is 32.1 Å². The number of aryl methyl sites for hydroxylation is 1. The van der Waals surface area contributed by atoms with Gasteiger partial charge in [0.2, 0.25) is 5.95 Å². The zero-order valence-electron chi connectivity index (χ0n) is 16.0. The van der Waals surface area contributed by atoms with Gasteiger partial charge in [-0.05, 0) is 12.5 Å². The molecule has 1 aliphatic rings. The zero-order chi connectivity index (χ0) is 21.8. The highest BCUT2D eigenvalue weighted by molar-refractivity contribution is 5.93. The van der Waals surface area contributed by atoms with Gasteiger partial charge in [0.1, 0.15) is 5.69 Å². The van der Waals surface area contributed by atoms with Crippen molar-refractivity contribution in [2.24, 2.45) is 7.05 Å². The highest BCUT2D eigenvalue weighted by atomic mass is 19.4. The molecular weight excluding hydrogens is 395 g/mol. The van der Waals surface area contributed by atoms with Crippen LogP contribution in [0.5, 0.6) is 0 Å². The lowest BCUT2D eigenvalue weighted by atomic mass is 10.2. The van der Waals surface area contributed by atoms with Crippen molar-refractivity contribution in [2.45, 2.75) is 12.6 Å². The number of carboxylic acid groups (broad SMARTS) is 1. The molecule has 3 heterocycles. The fourth-order valence-electron chi connectivity index (χ4n) is 2.37. The summed E-state index contributed by atoms with van der Waals surface area (Å²) < 4.78 is 33.5. The van der Waals surface area contributed by atoms with Crippen LogP contribution in [-0.2, 0) is 16.7 Å². The second-order valence-corrected chi connectivity index (χ2v) is 6.29. The van der Waals surface area contributed by atoms with Crippen LogP contribution in [0.3, 0.4) is 0 Å². The van der Waals surface area contributed by atoms with Gasteiger partial charge >= 0.3 is 12.1 Å². The van der Waals surface area contributed by atoms with E-state index < -0.39 is 12.1 Å². The number of nitrogens with zero attached hydrogens (tertiary/aromatic N) is 5. The molecule has 1 N–H and O–H groups in total. The summed E-state index contributed by atoms with van der Waals surface area (Å²) in [6.07, 6.45) is 1.22. The number of halogens is 3. The standard InChI is InChI=1S/C15H19N5O2.C2HF3O2/c1-18(2)15-16-8-12(9-17-15)11-7-13(19(3)10-11)14(21)20-5-4-6-22-20;3-2(4,5)1(6)7/h7-10H,4-6H2,1-3H3;(H,6,7). The normalized spacial score (nSPS) is 13.7. The van der Waals surface area contributed by atoms with Crippen molar-refractivity contribution in [3.63, 3.8) is 0 Å². The molecule has 3 rings (SSSR count). The lowest BCUT2D eigenvalue weighted by Crippen LogP contribution is -2.28. The Bertz CT molecular complexity index is 859. The van der Waals surface area contributed by atoms with Crippen molar-refractivity contribution in [3.8, 4) is 11.1 Å². The summed E-state index contributed by atoms with van der Waals surface area (Å²) in [5, 5.41) is 8.55. The summed E-state index contributed by atoms with van der Waals surface area (Å²) in [5.74, 6) is -2.22. The van der Waals surface area contributed by atoms with Gasteiger partial charge in [0.15, 0.2) is 0 Å². The first-order chi connectivity index (χ1) is 13.5. The number of carbonyl (C=O) groups excluding carboxylic acids is 1. The maximum atomic E-state index is 12.4. The van der Waals surface area contributed by atoms with Crippen molar-refractivity contribution in [3.05, 3.63) is 30.4 Å². The number of rotatable bonds is 3. The molecule has 0 aliphatic carbocycles. The SMILES string of the molecule is CN(C)c1ncc(-c2cc(C(=O)N3CCCO3)n(C)c2)cn1.O=C(O)C(F)(F)F. The third-order valence-electron chi connectivity index (χ3n) is 3.82. The van der Waals surface area contributed by atoms with Crippen LogP contribution in [0.4, 0.5) is 19.1 Å². The van der Waals surface area contributed by atoms with E-state index in [-0.39, 0.29) is 5.91 Å². The predicted molar refractivity (Wildman–Crippen MR) is 96.1 cm³/mol. The van der Waals surface area contributed by atoms with Gasteiger partial charge < -0.3 is 14.6 Å². The molecule has 0 atom stereocenters. The molecule has 0 unspecified atom stereocenters. The maximum absolute atomic E-state index is 12.4. The van der Waals surface area contributed by atoms with E-state index >= 15 is 0 Å². The first kappa shape index (κ1) is 22.1. The molecule has 0 bridgehead atoms. The summed E-state index contributed by atoms with van der Waals surface area (Å²) >= 11 is 0. The topological polar surface area (TPSA) is 101 Å². The van der Waals surface area contributed by atoms with E-state index in [1.54, 1.807) is 17.0 Å². The quantitative estimate of drug-likeness (QED) is 0.818. The number of anilines is 1. The highest BCUT2D eigenvalue weighted by Crippen LogP contribution is 2.23. The van der Waals surface area contributed by atoms with Gasteiger partial charge in [0.05, 0.1) is 13.2 Å². The number of aliphatic carboxylic acids is 1.